The molecule has 0 aliphatic carbocycles. The van der Waals surface area contributed by atoms with Crippen molar-refractivity contribution < 1.29 is 9.90 Å². The number of rotatable bonds is 1. The van der Waals surface area contributed by atoms with Crippen LogP contribution in [0, 0.1) is 0 Å². The number of thioether (sulfide) groups is 1. The van der Waals surface area contributed by atoms with Crippen molar-refractivity contribution in [1.82, 2.24) is 5.43 Å². The number of benzene rings is 1. The number of hydrogen-bond donors (Lipinski definition) is 2. The number of amidine groups is 1. The maximum atomic E-state index is 11.1. The second-order valence-electron chi connectivity index (χ2n) is 3.48. The Balaban J connectivity index is 2.06. The van der Waals surface area contributed by atoms with Crippen LogP contribution in [0.4, 0.5) is 0 Å². The van der Waals surface area contributed by atoms with Crippen molar-refractivity contribution in [2.24, 2.45) is 10.1 Å². The third-order valence-electron chi connectivity index (χ3n) is 2.13. The topological polar surface area (TPSA) is 74.1 Å². The molecule has 1 aliphatic rings. The Morgan fingerprint density at radius 2 is 2.18 bits per heavy atom. The van der Waals surface area contributed by atoms with Gasteiger partial charge in [-0.15, -0.1) is 5.10 Å². The molecule has 2 rings (SSSR count). The number of nitrogens with zero attached hydrogens (tertiary/aromatic N) is 2. The number of hydrazone groups is 1. The van der Waals surface area contributed by atoms with Gasteiger partial charge in [0.15, 0.2) is 0 Å². The molecule has 0 spiro atoms. The van der Waals surface area contributed by atoms with Crippen molar-refractivity contribution in [3.05, 3.63) is 29.8 Å². The molecule has 2 N–H and O–H groups in total. The fourth-order valence-corrected chi connectivity index (χ4v) is 1.87. The number of carbonyl (C=O) groups excluding carboxylic acids is 1. The molecule has 1 aromatic carbocycles. The van der Waals surface area contributed by atoms with Crippen LogP contribution in [0.5, 0.6) is 5.75 Å². The predicted octanol–water partition coefficient (Wildman–Crippen LogP) is 1.33. The van der Waals surface area contributed by atoms with E-state index in [4.69, 9.17) is 5.11 Å². The molecule has 1 heterocycles. The van der Waals surface area contributed by atoms with Crippen LogP contribution in [0.1, 0.15) is 12.5 Å². The number of nitrogens with one attached hydrogen (secondary N) is 1. The third-order valence-corrected chi connectivity index (χ3v) is 3.11. The molecule has 0 radical (unpaired) electrons. The highest BCUT2D eigenvalue weighted by molar-refractivity contribution is 8.15. The standard InChI is InChI=1S/C11H11N3O2S/c1-7-10(16)13-14-11(17-7)12-6-8-2-4-9(15)5-3-8/h2-7,15H,1H3,(H,13,16). The number of aliphatic imine (C=N–C) groups is 1. The van der Waals surface area contributed by atoms with Crippen LogP contribution >= 0.6 is 11.8 Å². The summed E-state index contributed by atoms with van der Waals surface area (Å²) in [7, 11) is 0. The van der Waals surface area contributed by atoms with Gasteiger partial charge in [-0.05, 0) is 36.8 Å². The fourth-order valence-electron chi connectivity index (χ4n) is 1.18. The molecule has 0 bridgehead atoms. The molecule has 1 unspecified atom stereocenters. The molecule has 17 heavy (non-hydrogen) atoms. The largest absolute Gasteiger partial charge is 0.508 e. The van der Waals surface area contributed by atoms with Crippen molar-refractivity contribution >= 4 is 29.1 Å². The summed E-state index contributed by atoms with van der Waals surface area (Å²) >= 11 is 1.31. The summed E-state index contributed by atoms with van der Waals surface area (Å²) in [4.78, 5) is 15.3. The zero-order chi connectivity index (χ0) is 12.3. The lowest BCUT2D eigenvalue weighted by Crippen LogP contribution is -2.32. The van der Waals surface area contributed by atoms with E-state index in [1.165, 1.54) is 11.8 Å². The number of hydrogen-bond acceptors (Lipinski definition) is 5. The highest BCUT2D eigenvalue weighted by atomic mass is 32.2. The average molecular weight is 249 g/mol. The number of amides is 1. The van der Waals surface area contributed by atoms with Crippen LogP contribution in [0.2, 0.25) is 0 Å². The second-order valence-corrected chi connectivity index (χ2v) is 4.79. The maximum absolute atomic E-state index is 11.1. The van der Waals surface area contributed by atoms with Crippen LogP contribution in [0.25, 0.3) is 0 Å². The Kier molecular flexibility index (Phi) is 3.43. The summed E-state index contributed by atoms with van der Waals surface area (Å²) in [5, 5.41) is 13.3. The van der Waals surface area contributed by atoms with Gasteiger partial charge in [-0.2, -0.15) is 0 Å². The smallest absolute Gasteiger partial charge is 0.253 e. The molecular weight excluding hydrogens is 238 g/mol. The summed E-state index contributed by atoms with van der Waals surface area (Å²) in [5.74, 6) is 0.103. The van der Waals surface area contributed by atoms with Crippen LogP contribution in [0.3, 0.4) is 0 Å². The zero-order valence-corrected chi connectivity index (χ0v) is 9.94. The van der Waals surface area contributed by atoms with Crippen molar-refractivity contribution in [2.75, 3.05) is 0 Å². The summed E-state index contributed by atoms with van der Waals surface area (Å²) in [6.45, 7) is 1.80. The van der Waals surface area contributed by atoms with Crippen molar-refractivity contribution in [3.8, 4) is 5.75 Å². The van der Waals surface area contributed by atoms with E-state index in [9.17, 15) is 4.79 Å². The van der Waals surface area contributed by atoms with E-state index in [0.717, 1.165) is 5.56 Å². The second kappa shape index (κ2) is 5.01. The van der Waals surface area contributed by atoms with Crippen LogP contribution in [-0.4, -0.2) is 27.6 Å². The van der Waals surface area contributed by atoms with E-state index in [-0.39, 0.29) is 16.9 Å². The van der Waals surface area contributed by atoms with Crippen LogP contribution in [0.15, 0.2) is 34.4 Å². The summed E-state index contributed by atoms with van der Waals surface area (Å²) < 4.78 is 0. The number of phenols is 1. The summed E-state index contributed by atoms with van der Waals surface area (Å²) in [6, 6.07) is 6.66. The van der Waals surface area contributed by atoms with Gasteiger partial charge in [0.1, 0.15) is 5.75 Å². The van der Waals surface area contributed by atoms with E-state index < -0.39 is 0 Å². The molecule has 88 valence electrons. The van der Waals surface area contributed by atoms with Gasteiger partial charge in [0.05, 0.1) is 5.25 Å². The lowest BCUT2D eigenvalue weighted by molar-refractivity contribution is -0.120. The van der Waals surface area contributed by atoms with Gasteiger partial charge in [0.2, 0.25) is 5.17 Å². The first kappa shape index (κ1) is 11.7. The lowest BCUT2D eigenvalue weighted by Gasteiger charge is -2.13. The summed E-state index contributed by atoms with van der Waals surface area (Å²) in [5.41, 5.74) is 3.26. The Hall–Kier alpha value is -1.82. The van der Waals surface area contributed by atoms with Gasteiger partial charge in [-0.3, -0.25) is 4.79 Å². The normalized spacial score (nSPS) is 20.2. The first-order chi connectivity index (χ1) is 8.15. The Labute approximate surface area is 103 Å². The van der Waals surface area contributed by atoms with E-state index in [1.54, 1.807) is 37.4 Å². The molecule has 0 saturated heterocycles. The van der Waals surface area contributed by atoms with E-state index >= 15 is 0 Å². The maximum Gasteiger partial charge on any atom is 0.253 e. The summed E-state index contributed by atoms with van der Waals surface area (Å²) in [6.07, 6.45) is 1.63. The highest BCUT2D eigenvalue weighted by Gasteiger charge is 2.20. The quantitative estimate of drug-likeness (QED) is 0.737. The van der Waals surface area contributed by atoms with Gasteiger partial charge in [0.25, 0.3) is 5.91 Å². The van der Waals surface area contributed by atoms with Crippen LogP contribution in [-0.2, 0) is 4.79 Å². The predicted molar refractivity (Wildman–Crippen MR) is 68.3 cm³/mol. The Bertz CT molecular complexity index is 482. The zero-order valence-electron chi connectivity index (χ0n) is 9.12. The number of phenolic OH excluding ortho intramolecular Hbond substituents is 1. The number of carbonyl (C=O) groups is 1. The minimum Gasteiger partial charge on any atom is -0.508 e. The van der Waals surface area contributed by atoms with Crippen molar-refractivity contribution in [2.45, 2.75) is 12.2 Å². The van der Waals surface area contributed by atoms with Gasteiger partial charge in [0, 0.05) is 6.21 Å². The molecule has 1 amide bonds. The highest BCUT2D eigenvalue weighted by Crippen LogP contribution is 2.17. The van der Waals surface area contributed by atoms with Gasteiger partial charge in [-0.25, -0.2) is 10.4 Å². The minimum absolute atomic E-state index is 0.112. The van der Waals surface area contributed by atoms with Crippen molar-refractivity contribution in [3.63, 3.8) is 0 Å². The van der Waals surface area contributed by atoms with Gasteiger partial charge in [-0.1, -0.05) is 11.8 Å². The van der Waals surface area contributed by atoms with Gasteiger partial charge < -0.3 is 5.11 Å². The van der Waals surface area contributed by atoms with Gasteiger partial charge >= 0.3 is 0 Å². The average Bonchev–Trinajstić information content (AvgIpc) is 2.33. The van der Waals surface area contributed by atoms with E-state index in [0.29, 0.717) is 5.17 Å². The molecule has 1 aliphatic heterocycles. The minimum atomic E-state index is -0.181. The monoisotopic (exact) mass is 249 g/mol. The molecule has 5 nitrogen and oxygen atoms in total. The molecule has 0 aromatic heterocycles. The van der Waals surface area contributed by atoms with E-state index in [1.807, 2.05) is 0 Å². The molecule has 1 atom stereocenters. The Morgan fingerprint density at radius 1 is 1.47 bits per heavy atom. The lowest BCUT2D eigenvalue weighted by atomic mass is 10.2. The molecule has 6 heteroatoms. The molecular formula is C11H11N3O2S. The van der Waals surface area contributed by atoms with Crippen molar-refractivity contribution in [1.29, 1.82) is 0 Å². The fraction of sp³-hybridized carbons (Fsp3) is 0.182. The third kappa shape index (κ3) is 3.07. The molecule has 0 fully saturated rings. The van der Waals surface area contributed by atoms with E-state index in [2.05, 4.69) is 15.5 Å². The first-order valence-corrected chi connectivity index (χ1v) is 5.90. The molecule has 0 saturated carbocycles. The van der Waals surface area contributed by atoms with Crippen LogP contribution < -0.4 is 5.43 Å². The molecule has 1 aromatic rings. The SMILES string of the molecule is CC1SC(N=Cc2ccc(O)cc2)=NNC1=O. The first-order valence-electron chi connectivity index (χ1n) is 5.02. The number of aromatic hydroxyl groups is 1. The Morgan fingerprint density at radius 3 is 2.82 bits per heavy atom.